The fourth-order valence-corrected chi connectivity index (χ4v) is 2.86. The summed E-state index contributed by atoms with van der Waals surface area (Å²) >= 11 is 0. The first kappa shape index (κ1) is 15.5. The van der Waals surface area contributed by atoms with E-state index in [0.717, 1.165) is 16.7 Å². The van der Waals surface area contributed by atoms with Crippen LogP contribution in [0.2, 0.25) is 0 Å². The second-order valence-electron chi connectivity index (χ2n) is 6.98. The Balaban J connectivity index is 2.10. The summed E-state index contributed by atoms with van der Waals surface area (Å²) in [6, 6.07) is 15.4. The molecule has 1 unspecified atom stereocenters. The van der Waals surface area contributed by atoms with Gasteiger partial charge >= 0.3 is 0 Å². The van der Waals surface area contributed by atoms with Crippen molar-refractivity contribution in [3.8, 4) is 11.1 Å². The maximum atomic E-state index is 12.7. The second-order valence-corrected chi connectivity index (χ2v) is 6.98. The van der Waals surface area contributed by atoms with Crippen molar-refractivity contribution in [1.82, 2.24) is 5.32 Å². The largest absolute Gasteiger partial charge is 0.299 e. The molecule has 1 amide bonds. The Bertz CT molecular complexity index is 771. The van der Waals surface area contributed by atoms with E-state index < -0.39 is 11.3 Å². The maximum absolute atomic E-state index is 12.7. The van der Waals surface area contributed by atoms with Crippen LogP contribution in [0.3, 0.4) is 0 Å². The van der Waals surface area contributed by atoms with E-state index in [1.807, 2.05) is 69.3 Å². The molecule has 0 aromatic heterocycles. The molecule has 0 fully saturated rings. The molecule has 1 aliphatic rings. The van der Waals surface area contributed by atoms with Crippen molar-refractivity contribution in [3.63, 3.8) is 0 Å². The average molecular weight is 306 g/mol. The van der Waals surface area contributed by atoms with E-state index in [-0.39, 0.29) is 18.1 Å². The van der Waals surface area contributed by atoms with Crippen LogP contribution in [0.4, 0.5) is 5.69 Å². The van der Waals surface area contributed by atoms with Gasteiger partial charge in [-0.05, 0) is 17.2 Å². The van der Waals surface area contributed by atoms with E-state index in [4.69, 9.17) is 0 Å². The van der Waals surface area contributed by atoms with Crippen molar-refractivity contribution in [2.45, 2.75) is 33.1 Å². The molecule has 0 N–H and O–H groups in total. The van der Waals surface area contributed by atoms with Gasteiger partial charge in [-0.3, -0.25) is 9.59 Å². The standard InChI is InChI=1S/C20H20NO2/c1-20(2,3)18(22)12-16-14-9-5-4-8-13(14)15-10-6-7-11-17(15)21-19(16)23/h4-11,16H,12H2,1-3H3. The van der Waals surface area contributed by atoms with E-state index in [1.54, 1.807) is 0 Å². The quantitative estimate of drug-likeness (QED) is 0.834. The minimum atomic E-state index is -0.509. The summed E-state index contributed by atoms with van der Waals surface area (Å²) < 4.78 is 0. The first-order valence-corrected chi connectivity index (χ1v) is 7.85. The molecular formula is C20H20NO2. The molecule has 117 valence electrons. The number of hydrogen-bond donors (Lipinski definition) is 0. The number of amides is 1. The third-order valence-corrected chi connectivity index (χ3v) is 4.29. The summed E-state index contributed by atoms with van der Waals surface area (Å²) in [5, 5.41) is 4.28. The molecule has 0 saturated heterocycles. The molecule has 1 aliphatic heterocycles. The van der Waals surface area contributed by atoms with Gasteiger partial charge in [0, 0.05) is 17.4 Å². The zero-order valence-corrected chi connectivity index (χ0v) is 13.7. The van der Waals surface area contributed by atoms with Gasteiger partial charge < -0.3 is 0 Å². The topological polar surface area (TPSA) is 48.2 Å². The van der Waals surface area contributed by atoms with Crippen LogP contribution < -0.4 is 5.32 Å². The summed E-state index contributed by atoms with van der Waals surface area (Å²) in [6.45, 7) is 5.65. The van der Waals surface area contributed by atoms with Crippen molar-refractivity contribution in [2.24, 2.45) is 5.41 Å². The van der Waals surface area contributed by atoms with Gasteiger partial charge in [0.1, 0.15) is 5.78 Å². The number of fused-ring (bicyclic) bond motifs is 3. The fourth-order valence-electron chi connectivity index (χ4n) is 2.86. The molecule has 3 heteroatoms. The Morgan fingerprint density at radius 3 is 2.30 bits per heavy atom. The van der Waals surface area contributed by atoms with E-state index in [1.165, 1.54) is 0 Å². The Morgan fingerprint density at radius 1 is 1.00 bits per heavy atom. The Hall–Kier alpha value is -2.42. The Kier molecular flexibility index (Phi) is 3.80. The van der Waals surface area contributed by atoms with Gasteiger partial charge in [0.25, 0.3) is 5.91 Å². The highest BCUT2D eigenvalue weighted by molar-refractivity contribution is 5.99. The molecule has 1 heterocycles. The molecule has 1 atom stereocenters. The van der Waals surface area contributed by atoms with Crippen molar-refractivity contribution >= 4 is 17.4 Å². The van der Waals surface area contributed by atoms with Crippen LogP contribution >= 0.6 is 0 Å². The van der Waals surface area contributed by atoms with E-state index in [0.29, 0.717) is 5.69 Å². The van der Waals surface area contributed by atoms with Gasteiger partial charge in [-0.2, -0.15) is 0 Å². The van der Waals surface area contributed by atoms with Gasteiger partial charge in [0.15, 0.2) is 0 Å². The summed E-state index contributed by atoms with van der Waals surface area (Å²) in [4.78, 5) is 25.2. The van der Waals surface area contributed by atoms with Crippen LogP contribution in [-0.4, -0.2) is 11.7 Å². The molecule has 0 aliphatic carbocycles. The van der Waals surface area contributed by atoms with Crippen LogP contribution in [0.5, 0.6) is 0 Å². The molecule has 3 rings (SSSR count). The van der Waals surface area contributed by atoms with Crippen molar-refractivity contribution in [1.29, 1.82) is 0 Å². The van der Waals surface area contributed by atoms with E-state index in [9.17, 15) is 9.59 Å². The molecule has 3 nitrogen and oxygen atoms in total. The van der Waals surface area contributed by atoms with Gasteiger partial charge in [0.2, 0.25) is 0 Å². The lowest BCUT2D eigenvalue weighted by atomic mass is 9.81. The SMILES string of the molecule is CC(C)(C)C(=O)CC1C(=O)[N]c2ccccc2-c2ccccc21. The molecular weight excluding hydrogens is 286 g/mol. The van der Waals surface area contributed by atoms with E-state index in [2.05, 4.69) is 5.32 Å². The molecule has 2 aromatic rings. The van der Waals surface area contributed by atoms with Crippen LogP contribution in [0.15, 0.2) is 48.5 Å². The lowest BCUT2D eigenvalue weighted by Crippen LogP contribution is -2.27. The average Bonchev–Trinajstić information content (AvgIpc) is 2.62. The molecule has 0 bridgehead atoms. The number of ketones is 1. The van der Waals surface area contributed by atoms with Gasteiger partial charge in [-0.25, -0.2) is 5.32 Å². The smallest absolute Gasteiger partial charge is 0.254 e. The number of hydrogen-bond acceptors (Lipinski definition) is 2. The highest BCUT2D eigenvalue weighted by atomic mass is 16.2. The summed E-state index contributed by atoms with van der Waals surface area (Å²) in [6.07, 6.45) is 0.191. The van der Waals surface area contributed by atoms with E-state index >= 15 is 0 Å². The van der Waals surface area contributed by atoms with Gasteiger partial charge in [-0.15, -0.1) is 0 Å². The van der Waals surface area contributed by atoms with Crippen molar-refractivity contribution in [3.05, 3.63) is 54.1 Å². The zero-order valence-electron chi connectivity index (χ0n) is 13.7. The number of nitrogens with zero attached hydrogens (tertiary/aromatic N) is 1. The minimum Gasteiger partial charge on any atom is -0.299 e. The van der Waals surface area contributed by atoms with Gasteiger partial charge in [-0.1, -0.05) is 63.2 Å². The van der Waals surface area contributed by atoms with Crippen molar-refractivity contribution < 1.29 is 9.59 Å². The Labute approximate surface area is 136 Å². The normalized spacial score (nSPS) is 16.8. The first-order valence-electron chi connectivity index (χ1n) is 7.85. The summed E-state index contributed by atoms with van der Waals surface area (Å²) in [7, 11) is 0. The van der Waals surface area contributed by atoms with Crippen LogP contribution in [0.25, 0.3) is 11.1 Å². The molecule has 0 saturated carbocycles. The number of carbonyl (C=O) groups is 2. The predicted molar refractivity (Wildman–Crippen MR) is 90.5 cm³/mol. The molecule has 1 radical (unpaired) electrons. The number of para-hydroxylation sites is 1. The summed E-state index contributed by atoms with van der Waals surface area (Å²) in [5.74, 6) is -0.669. The number of carbonyl (C=O) groups excluding carboxylic acids is 2. The highest BCUT2D eigenvalue weighted by Crippen LogP contribution is 2.40. The van der Waals surface area contributed by atoms with Crippen LogP contribution in [0.1, 0.15) is 38.7 Å². The number of benzene rings is 2. The molecule has 0 spiro atoms. The molecule has 2 aromatic carbocycles. The van der Waals surface area contributed by atoms with Gasteiger partial charge in [0.05, 0.1) is 11.6 Å². The second kappa shape index (κ2) is 5.65. The number of Topliss-reactive ketones (excluding diaryl/α,β-unsaturated/α-hetero) is 1. The third kappa shape index (κ3) is 2.91. The first-order chi connectivity index (χ1) is 10.9. The predicted octanol–water partition coefficient (Wildman–Crippen LogP) is 4.22. The molecule has 23 heavy (non-hydrogen) atoms. The lowest BCUT2D eigenvalue weighted by Gasteiger charge is -2.21. The minimum absolute atomic E-state index is 0.0757. The van der Waals surface area contributed by atoms with Crippen LogP contribution in [-0.2, 0) is 9.59 Å². The fraction of sp³-hybridized carbons (Fsp3) is 0.300. The summed E-state index contributed by atoms with van der Waals surface area (Å²) in [5.41, 5.74) is 3.04. The zero-order chi connectivity index (χ0) is 16.6. The third-order valence-electron chi connectivity index (χ3n) is 4.29. The monoisotopic (exact) mass is 306 g/mol. The Morgan fingerprint density at radius 2 is 1.61 bits per heavy atom. The number of rotatable bonds is 2. The van der Waals surface area contributed by atoms with Crippen LogP contribution in [0, 0.1) is 5.41 Å². The highest BCUT2D eigenvalue weighted by Gasteiger charge is 2.34. The maximum Gasteiger partial charge on any atom is 0.254 e. The van der Waals surface area contributed by atoms with Crippen molar-refractivity contribution in [2.75, 3.05) is 0 Å². The lowest BCUT2D eigenvalue weighted by molar-refractivity contribution is -0.130.